The summed E-state index contributed by atoms with van der Waals surface area (Å²) >= 11 is 7.19. The van der Waals surface area contributed by atoms with Crippen molar-refractivity contribution in [1.82, 2.24) is 8.87 Å². The van der Waals surface area contributed by atoms with Gasteiger partial charge in [0.25, 0.3) is 5.91 Å². The standard InChI is InChI=1S/C23H24ClN3O5S2/c1-2-32-21(28)15-27-19-7-3-4-8-20(19)33-23(27)25-22(29)16-6-5-13-26(14-16)34(30,31)18-11-9-17(24)10-12-18/h3-4,7-12,16H,2,5-6,13-15H2,1H3. The van der Waals surface area contributed by atoms with Crippen LogP contribution in [-0.2, 0) is 30.9 Å². The summed E-state index contributed by atoms with van der Waals surface area (Å²) in [5.74, 6) is -1.39. The minimum absolute atomic E-state index is 0.0517. The maximum atomic E-state index is 13.1. The number of hydrogen-bond donors (Lipinski definition) is 0. The van der Waals surface area contributed by atoms with Crippen LogP contribution < -0.4 is 4.80 Å². The molecule has 3 aromatic rings. The fraction of sp³-hybridized carbons (Fsp3) is 0.348. The SMILES string of the molecule is CCOC(=O)Cn1c(=NC(=O)C2CCCN(S(=O)(=O)c3ccc(Cl)cc3)C2)sc2ccccc21. The van der Waals surface area contributed by atoms with Gasteiger partial charge >= 0.3 is 5.97 Å². The smallest absolute Gasteiger partial charge is 0.326 e. The number of fused-ring (bicyclic) bond motifs is 1. The molecule has 8 nitrogen and oxygen atoms in total. The quantitative estimate of drug-likeness (QED) is 0.463. The van der Waals surface area contributed by atoms with E-state index in [0.29, 0.717) is 29.2 Å². The number of piperidine rings is 1. The van der Waals surface area contributed by atoms with E-state index < -0.39 is 27.8 Å². The molecule has 1 fully saturated rings. The van der Waals surface area contributed by atoms with E-state index in [4.69, 9.17) is 16.3 Å². The van der Waals surface area contributed by atoms with E-state index in [1.165, 1.54) is 39.9 Å². The van der Waals surface area contributed by atoms with Crippen LogP contribution in [-0.4, -0.2) is 48.9 Å². The summed E-state index contributed by atoms with van der Waals surface area (Å²) in [4.78, 5) is 30.1. The minimum atomic E-state index is -3.75. The summed E-state index contributed by atoms with van der Waals surface area (Å²) in [7, 11) is -3.75. The molecular weight excluding hydrogens is 498 g/mol. The number of esters is 1. The molecule has 34 heavy (non-hydrogen) atoms. The van der Waals surface area contributed by atoms with Gasteiger partial charge in [0.1, 0.15) is 6.54 Å². The largest absolute Gasteiger partial charge is 0.465 e. The van der Waals surface area contributed by atoms with E-state index in [-0.39, 0.29) is 24.6 Å². The Morgan fingerprint density at radius 2 is 1.91 bits per heavy atom. The lowest BCUT2D eigenvalue weighted by Gasteiger charge is -2.30. The highest BCUT2D eigenvalue weighted by molar-refractivity contribution is 7.89. The number of para-hydroxylation sites is 1. The fourth-order valence-electron chi connectivity index (χ4n) is 3.90. The van der Waals surface area contributed by atoms with Crippen LogP contribution in [0.3, 0.4) is 0 Å². The van der Waals surface area contributed by atoms with Crippen molar-refractivity contribution in [2.24, 2.45) is 10.9 Å². The first-order valence-corrected chi connectivity index (χ1v) is 13.5. The zero-order valence-corrected chi connectivity index (χ0v) is 20.9. The second-order valence-electron chi connectivity index (χ2n) is 7.85. The monoisotopic (exact) mass is 521 g/mol. The molecule has 1 aromatic heterocycles. The second-order valence-corrected chi connectivity index (χ2v) is 11.2. The van der Waals surface area contributed by atoms with E-state index in [9.17, 15) is 18.0 Å². The van der Waals surface area contributed by atoms with Gasteiger partial charge in [-0.3, -0.25) is 9.59 Å². The zero-order valence-electron chi connectivity index (χ0n) is 18.5. The van der Waals surface area contributed by atoms with Crippen molar-refractivity contribution in [2.75, 3.05) is 19.7 Å². The predicted octanol–water partition coefficient (Wildman–Crippen LogP) is 3.45. The highest BCUT2D eigenvalue weighted by Gasteiger charge is 2.33. The second kappa shape index (κ2) is 10.4. The van der Waals surface area contributed by atoms with Crippen molar-refractivity contribution in [1.29, 1.82) is 0 Å². The number of ether oxygens (including phenoxy) is 1. The zero-order chi connectivity index (χ0) is 24.3. The van der Waals surface area contributed by atoms with Gasteiger partial charge in [0, 0.05) is 18.1 Å². The third kappa shape index (κ3) is 5.25. The number of aromatic nitrogens is 1. The van der Waals surface area contributed by atoms with E-state index in [1.54, 1.807) is 11.5 Å². The first-order chi connectivity index (χ1) is 16.3. The Labute approximate surface area is 206 Å². The van der Waals surface area contributed by atoms with Gasteiger partial charge in [-0.1, -0.05) is 35.1 Å². The Morgan fingerprint density at radius 1 is 1.18 bits per heavy atom. The van der Waals surface area contributed by atoms with Gasteiger partial charge in [0.05, 0.1) is 27.6 Å². The molecule has 0 N–H and O–H groups in total. The van der Waals surface area contributed by atoms with Crippen LogP contribution in [0.4, 0.5) is 0 Å². The first-order valence-electron chi connectivity index (χ1n) is 10.9. The number of rotatable bonds is 6. The Hall–Kier alpha value is -2.53. The van der Waals surface area contributed by atoms with Crippen LogP contribution in [0.5, 0.6) is 0 Å². The Kier molecular flexibility index (Phi) is 7.51. The van der Waals surface area contributed by atoms with Gasteiger partial charge in [-0.2, -0.15) is 9.30 Å². The molecule has 180 valence electrons. The molecule has 0 spiro atoms. The van der Waals surface area contributed by atoms with E-state index in [0.717, 1.165) is 10.2 Å². The first kappa shape index (κ1) is 24.6. The number of benzene rings is 2. The molecule has 2 aromatic carbocycles. The number of carbonyl (C=O) groups is 2. The topological polar surface area (TPSA) is 98.0 Å². The van der Waals surface area contributed by atoms with Gasteiger partial charge in [-0.15, -0.1) is 0 Å². The maximum absolute atomic E-state index is 13.1. The molecule has 0 bridgehead atoms. The number of amides is 1. The van der Waals surface area contributed by atoms with Crippen molar-refractivity contribution >= 4 is 55.1 Å². The Morgan fingerprint density at radius 3 is 2.65 bits per heavy atom. The lowest BCUT2D eigenvalue weighted by molar-refractivity contribution is -0.143. The lowest BCUT2D eigenvalue weighted by Crippen LogP contribution is -2.42. The van der Waals surface area contributed by atoms with Crippen LogP contribution in [0.1, 0.15) is 19.8 Å². The van der Waals surface area contributed by atoms with Crippen molar-refractivity contribution in [3.63, 3.8) is 0 Å². The van der Waals surface area contributed by atoms with E-state index in [2.05, 4.69) is 4.99 Å². The molecule has 4 rings (SSSR count). The number of carbonyl (C=O) groups excluding carboxylic acids is 2. The molecule has 2 heterocycles. The number of sulfonamides is 1. The van der Waals surface area contributed by atoms with Crippen molar-refractivity contribution in [2.45, 2.75) is 31.2 Å². The molecule has 1 saturated heterocycles. The molecular formula is C23H24ClN3O5S2. The van der Waals surface area contributed by atoms with E-state index in [1.807, 2.05) is 24.3 Å². The normalized spacial score (nSPS) is 17.7. The van der Waals surface area contributed by atoms with Crippen LogP contribution in [0.25, 0.3) is 10.2 Å². The summed E-state index contributed by atoms with van der Waals surface area (Å²) in [6, 6.07) is 13.5. The van der Waals surface area contributed by atoms with Crippen molar-refractivity contribution in [3.05, 3.63) is 58.4 Å². The fourth-order valence-corrected chi connectivity index (χ4v) is 6.58. The molecule has 1 amide bonds. The van der Waals surface area contributed by atoms with Gasteiger partial charge in [0.2, 0.25) is 10.0 Å². The summed E-state index contributed by atoms with van der Waals surface area (Å²) in [5, 5.41) is 0.448. The number of halogens is 1. The summed E-state index contributed by atoms with van der Waals surface area (Å²) in [6.07, 6.45) is 1.09. The molecule has 0 saturated carbocycles. The molecule has 0 radical (unpaired) electrons. The Bertz CT molecular complexity index is 1380. The summed E-state index contributed by atoms with van der Waals surface area (Å²) in [5.41, 5.74) is 0.780. The van der Waals surface area contributed by atoms with Crippen LogP contribution in [0.2, 0.25) is 5.02 Å². The van der Waals surface area contributed by atoms with Crippen LogP contribution in [0, 0.1) is 5.92 Å². The molecule has 1 aliphatic heterocycles. The maximum Gasteiger partial charge on any atom is 0.326 e. The van der Waals surface area contributed by atoms with Crippen molar-refractivity contribution in [3.8, 4) is 0 Å². The number of nitrogens with zero attached hydrogens (tertiary/aromatic N) is 3. The highest BCUT2D eigenvalue weighted by atomic mass is 35.5. The van der Waals surface area contributed by atoms with Gasteiger partial charge in [-0.25, -0.2) is 8.42 Å². The van der Waals surface area contributed by atoms with Crippen LogP contribution >= 0.6 is 22.9 Å². The molecule has 1 aliphatic rings. The van der Waals surface area contributed by atoms with Crippen molar-refractivity contribution < 1.29 is 22.7 Å². The molecule has 0 aliphatic carbocycles. The average molecular weight is 522 g/mol. The highest BCUT2D eigenvalue weighted by Crippen LogP contribution is 2.25. The van der Waals surface area contributed by atoms with Crippen LogP contribution in [0.15, 0.2) is 58.4 Å². The Balaban J connectivity index is 1.61. The average Bonchev–Trinajstić information content (AvgIpc) is 3.16. The van der Waals surface area contributed by atoms with Gasteiger partial charge in [-0.05, 0) is 56.2 Å². The number of hydrogen-bond acceptors (Lipinski definition) is 6. The molecule has 11 heteroatoms. The summed E-state index contributed by atoms with van der Waals surface area (Å²) in [6.45, 7) is 2.31. The third-order valence-electron chi connectivity index (χ3n) is 5.57. The van der Waals surface area contributed by atoms with Gasteiger partial charge in [0.15, 0.2) is 4.80 Å². The predicted molar refractivity (Wildman–Crippen MR) is 130 cm³/mol. The third-order valence-corrected chi connectivity index (χ3v) is 8.76. The molecule has 1 atom stereocenters. The summed E-state index contributed by atoms with van der Waals surface area (Å²) < 4.78 is 35.1. The minimum Gasteiger partial charge on any atom is -0.465 e. The van der Waals surface area contributed by atoms with E-state index >= 15 is 0 Å². The lowest BCUT2D eigenvalue weighted by atomic mass is 9.99. The molecule has 1 unspecified atom stereocenters. The number of thiazole rings is 1. The van der Waals surface area contributed by atoms with Gasteiger partial charge < -0.3 is 9.30 Å².